The van der Waals surface area contributed by atoms with Crippen LogP contribution in [0.2, 0.25) is 0 Å². The highest BCUT2D eigenvalue weighted by Gasteiger charge is 2.26. The van der Waals surface area contributed by atoms with Crippen molar-refractivity contribution in [2.45, 2.75) is 16.7 Å². The van der Waals surface area contributed by atoms with Crippen molar-refractivity contribution >= 4 is 23.1 Å². The second-order valence-electron chi connectivity index (χ2n) is 6.54. The number of phenolic OH excluding ortho intramolecular Hbond substituents is 1. The molecule has 0 bridgehead atoms. The van der Waals surface area contributed by atoms with Crippen molar-refractivity contribution in [2.75, 3.05) is 39.2 Å². The molecule has 0 radical (unpaired) electrons. The Morgan fingerprint density at radius 3 is 2.62 bits per heavy atom. The number of para-hydroxylation sites is 1. The van der Waals surface area contributed by atoms with Crippen LogP contribution in [-0.4, -0.2) is 44.3 Å². The van der Waals surface area contributed by atoms with Crippen LogP contribution >= 0.6 is 11.8 Å². The van der Waals surface area contributed by atoms with Crippen LogP contribution in [-0.2, 0) is 0 Å². The molecule has 2 aromatic carbocycles. The van der Waals surface area contributed by atoms with Gasteiger partial charge in [0.2, 0.25) is 0 Å². The van der Waals surface area contributed by atoms with E-state index in [0.717, 1.165) is 23.7 Å². The number of methoxy groups -OCH3 is 1. The number of fused-ring (bicyclic) bond motifs is 2. The van der Waals surface area contributed by atoms with Crippen molar-refractivity contribution in [3.05, 3.63) is 36.4 Å². The van der Waals surface area contributed by atoms with Gasteiger partial charge < -0.3 is 19.6 Å². The Balaban J connectivity index is 2.03. The first-order valence-electron chi connectivity index (χ1n) is 8.09. The van der Waals surface area contributed by atoms with Crippen LogP contribution in [0, 0.1) is 5.92 Å². The van der Waals surface area contributed by atoms with E-state index in [0.29, 0.717) is 11.7 Å². The molecule has 128 valence electrons. The number of ether oxygens (including phenoxy) is 1. The Labute approximate surface area is 148 Å². The van der Waals surface area contributed by atoms with Crippen molar-refractivity contribution in [3.63, 3.8) is 0 Å². The molecule has 2 aromatic rings. The molecule has 0 fully saturated rings. The molecular weight excluding hydrogens is 320 g/mol. The molecule has 0 aromatic heterocycles. The van der Waals surface area contributed by atoms with E-state index >= 15 is 0 Å². The second-order valence-corrected chi connectivity index (χ2v) is 7.62. The average Bonchev–Trinajstić information content (AvgIpc) is 2.53. The standard InChI is InChI=1S/C19H24N2O2S/c1-13(11-20(2)3)12-21-14-7-5-6-8-18(14)24-19-10-16(22)17(23-4)9-15(19)21/h5-10,13,22H,11-12H2,1-4H3/t13-/m0/s1. The summed E-state index contributed by atoms with van der Waals surface area (Å²) in [4.78, 5) is 6.83. The van der Waals surface area contributed by atoms with Crippen LogP contribution in [0.3, 0.4) is 0 Å². The predicted octanol–water partition coefficient (Wildman–Crippen LogP) is 4.20. The normalized spacial score (nSPS) is 14.3. The number of hydrogen-bond acceptors (Lipinski definition) is 5. The molecule has 3 rings (SSSR count). The highest BCUT2D eigenvalue weighted by molar-refractivity contribution is 7.99. The third-order valence-corrected chi connectivity index (χ3v) is 5.21. The van der Waals surface area contributed by atoms with E-state index in [9.17, 15) is 5.11 Å². The molecule has 1 aliphatic rings. The van der Waals surface area contributed by atoms with E-state index < -0.39 is 0 Å². The van der Waals surface area contributed by atoms with Gasteiger partial charge in [-0.2, -0.15) is 0 Å². The fourth-order valence-electron chi connectivity index (χ4n) is 3.20. The minimum atomic E-state index is 0.185. The quantitative estimate of drug-likeness (QED) is 0.879. The van der Waals surface area contributed by atoms with Crippen LogP contribution in [0.5, 0.6) is 11.5 Å². The highest BCUT2D eigenvalue weighted by atomic mass is 32.2. The van der Waals surface area contributed by atoms with Gasteiger partial charge in [0.05, 0.1) is 18.5 Å². The number of phenols is 1. The molecule has 1 N–H and O–H groups in total. The van der Waals surface area contributed by atoms with Gasteiger partial charge in [-0.05, 0) is 38.2 Å². The lowest BCUT2D eigenvalue weighted by Crippen LogP contribution is -2.31. The second kappa shape index (κ2) is 6.95. The fraction of sp³-hybridized carbons (Fsp3) is 0.368. The van der Waals surface area contributed by atoms with Crippen LogP contribution in [0.15, 0.2) is 46.2 Å². The molecule has 0 saturated carbocycles. The average molecular weight is 344 g/mol. The molecule has 0 amide bonds. The van der Waals surface area contributed by atoms with Crippen LogP contribution < -0.4 is 9.64 Å². The zero-order valence-electron chi connectivity index (χ0n) is 14.6. The summed E-state index contributed by atoms with van der Waals surface area (Å²) in [6.07, 6.45) is 0. The van der Waals surface area contributed by atoms with Crippen molar-refractivity contribution < 1.29 is 9.84 Å². The van der Waals surface area contributed by atoms with Crippen molar-refractivity contribution in [1.82, 2.24) is 4.90 Å². The topological polar surface area (TPSA) is 35.9 Å². The number of benzene rings is 2. The molecule has 5 heteroatoms. The van der Waals surface area contributed by atoms with Gasteiger partial charge >= 0.3 is 0 Å². The summed E-state index contributed by atoms with van der Waals surface area (Å²) in [5.74, 6) is 1.20. The summed E-state index contributed by atoms with van der Waals surface area (Å²) in [6.45, 7) is 4.20. The van der Waals surface area contributed by atoms with Crippen molar-refractivity contribution in [1.29, 1.82) is 0 Å². The summed E-state index contributed by atoms with van der Waals surface area (Å²) in [5.41, 5.74) is 2.31. The Kier molecular flexibility index (Phi) is 4.92. The maximum Gasteiger partial charge on any atom is 0.162 e. The van der Waals surface area contributed by atoms with E-state index in [4.69, 9.17) is 4.74 Å². The molecule has 0 saturated heterocycles. The summed E-state index contributed by atoms with van der Waals surface area (Å²) in [7, 11) is 5.79. The highest BCUT2D eigenvalue weighted by Crippen LogP contribution is 2.51. The fourth-order valence-corrected chi connectivity index (χ4v) is 4.31. The summed E-state index contributed by atoms with van der Waals surface area (Å²) in [5, 5.41) is 10.1. The molecule has 1 aliphatic heterocycles. The van der Waals surface area contributed by atoms with Gasteiger partial charge in [0.15, 0.2) is 11.5 Å². The lowest BCUT2D eigenvalue weighted by Gasteiger charge is -2.35. The van der Waals surface area contributed by atoms with Gasteiger partial charge in [-0.3, -0.25) is 0 Å². The van der Waals surface area contributed by atoms with E-state index in [2.05, 4.69) is 55.1 Å². The van der Waals surface area contributed by atoms with E-state index in [1.165, 1.54) is 10.6 Å². The van der Waals surface area contributed by atoms with Gasteiger partial charge in [0, 0.05) is 28.9 Å². The first kappa shape index (κ1) is 17.0. The molecule has 1 heterocycles. The van der Waals surface area contributed by atoms with Gasteiger partial charge in [-0.1, -0.05) is 30.8 Å². The number of rotatable bonds is 5. The molecule has 24 heavy (non-hydrogen) atoms. The maximum atomic E-state index is 10.1. The van der Waals surface area contributed by atoms with Crippen LogP contribution in [0.4, 0.5) is 11.4 Å². The van der Waals surface area contributed by atoms with Gasteiger partial charge in [-0.15, -0.1) is 0 Å². The van der Waals surface area contributed by atoms with Gasteiger partial charge in [0.1, 0.15) is 0 Å². The lowest BCUT2D eigenvalue weighted by molar-refractivity contribution is 0.342. The molecular formula is C19H24N2O2S. The first-order chi connectivity index (χ1) is 11.5. The Morgan fingerprint density at radius 2 is 1.92 bits per heavy atom. The smallest absolute Gasteiger partial charge is 0.162 e. The van der Waals surface area contributed by atoms with Crippen LogP contribution in [0.25, 0.3) is 0 Å². The molecule has 0 spiro atoms. The number of nitrogens with zero attached hydrogens (tertiary/aromatic N) is 2. The minimum absolute atomic E-state index is 0.185. The monoisotopic (exact) mass is 344 g/mol. The SMILES string of the molecule is COc1cc2c(cc1O)Sc1ccccc1N2C[C@@H](C)CN(C)C. The summed E-state index contributed by atoms with van der Waals surface area (Å²) in [6, 6.07) is 12.2. The Bertz CT molecular complexity index is 733. The molecule has 0 unspecified atom stereocenters. The number of aromatic hydroxyl groups is 1. The third-order valence-electron chi connectivity index (χ3n) is 4.10. The third kappa shape index (κ3) is 3.32. The minimum Gasteiger partial charge on any atom is -0.504 e. The largest absolute Gasteiger partial charge is 0.504 e. The van der Waals surface area contributed by atoms with E-state index in [-0.39, 0.29) is 5.75 Å². The van der Waals surface area contributed by atoms with Crippen molar-refractivity contribution in [2.24, 2.45) is 5.92 Å². The predicted molar refractivity (Wildman–Crippen MR) is 99.9 cm³/mol. The lowest BCUT2D eigenvalue weighted by atomic mass is 10.1. The van der Waals surface area contributed by atoms with Gasteiger partial charge in [0.25, 0.3) is 0 Å². The molecule has 0 aliphatic carbocycles. The number of hydrogen-bond donors (Lipinski definition) is 1. The summed E-state index contributed by atoms with van der Waals surface area (Å²) < 4.78 is 5.32. The maximum absolute atomic E-state index is 10.1. The Morgan fingerprint density at radius 1 is 1.17 bits per heavy atom. The molecule has 4 nitrogen and oxygen atoms in total. The zero-order valence-corrected chi connectivity index (χ0v) is 15.4. The zero-order chi connectivity index (χ0) is 17.3. The van der Waals surface area contributed by atoms with E-state index in [1.54, 1.807) is 24.9 Å². The van der Waals surface area contributed by atoms with Crippen molar-refractivity contribution in [3.8, 4) is 11.5 Å². The number of anilines is 2. The Hall–Kier alpha value is -1.85. The summed E-state index contributed by atoms with van der Waals surface area (Å²) >= 11 is 1.69. The van der Waals surface area contributed by atoms with Gasteiger partial charge in [-0.25, -0.2) is 0 Å². The first-order valence-corrected chi connectivity index (χ1v) is 8.91. The molecule has 1 atom stereocenters. The van der Waals surface area contributed by atoms with E-state index in [1.807, 2.05) is 6.07 Å². The van der Waals surface area contributed by atoms with Crippen LogP contribution in [0.1, 0.15) is 6.92 Å².